The number of carboxylic acids is 2. The number of likely N-dealkylation sites (N-methyl/N-ethyl adjacent to an activating group) is 1. The van der Waals surface area contributed by atoms with Crippen LogP contribution in [-0.4, -0.2) is 150 Å². The van der Waals surface area contributed by atoms with Crippen molar-refractivity contribution in [1.29, 1.82) is 0 Å². The number of amides is 5. The van der Waals surface area contributed by atoms with E-state index in [1.807, 2.05) is 6.92 Å². The molecule has 288 valence electrons. The lowest BCUT2D eigenvalue weighted by atomic mass is 10.1. The first kappa shape index (κ1) is 46.1. The molecule has 0 aliphatic carbocycles. The molecule has 0 aliphatic rings. The number of carboxylic acid groups (broad SMARTS) is 2. The van der Waals surface area contributed by atoms with Crippen LogP contribution in [0.2, 0.25) is 0 Å². The lowest BCUT2D eigenvalue weighted by molar-refractivity contribution is -0.143. The topological polar surface area (TPSA) is 269 Å². The maximum absolute atomic E-state index is 12.1. The molecule has 0 aromatic rings. The highest BCUT2D eigenvalue weighted by atomic mass is 16.5. The van der Waals surface area contributed by atoms with Gasteiger partial charge in [0.1, 0.15) is 25.3 Å². The van der Waals surface area contributed by atoms with Gasteiger partial charge in [0, 0.05) is 45.4 Å². The van der Waals surface area contributed by atoms with E-state index in [-0.39, 0.29) is 122 Å². The Morgan fingerprint density at radius 3 is 1.48 bits per heavy atom. The van der Waals surface area contributed by atoms with Crippen molar-refractivity contribution in [2.24, 2.45) is 0 Å². The highest BCUT2D eigenvalue weighted by Gasteiger charge is 2.21. The number of carbonyl (C=O) groups is 7. The summed E-state index contributed by atoms with van der Waals surface area (Å²) >= 11 is 0. The Morgan fingerprint density at radius 2 is 0.960 bits per heavy atom. The smallest absolute Gasteiger partial charge is 0.326 e. The van der Waals surface area contributed by atoms with Gasteiger partial charge in [0.15, 0.2) is 0 Å². The fourth-order valence-corrected chi connectivity index (χ4v) is 3.93. The van der Waals surface area contributed by atoms with E-state index in [1.54, 1.807) is 0 Å². The maximum Gasteiger partial charge on any atom is 0.326 e. The Labute approximate surface area is 292 Å². The maximum atomic E-state index is 12.1. The first-order valence-electron chi connectivity index (χ1n) is 16.8. The van der Waals surface area contributed by atoms with Gasteiger partial charge in [-0.25, -0.2) is 4.79 Å². The van der Waals surface area contributed by atoms with Gasteiger partial charge in [-0.05, 0) is 32.7 Å². The van der Waals surface area contributed by atoms with Crippen LogP contribution in [0.25, 0.3) is 0 Å². The Bertz CT molecular complexity index is 1020. The molecule has 2 unspecified atom stereocenters. The van der Waals surface area contributed by atoms with E-state index < -0.39 is 36.5 Å². The van der Waals surface area contributed by atoms with Crippen LogP contribution in [0, 0.1) is 0 Å². The third-order valence-corrected chi connectivity index (χ3v) is 6.70. The molecule has 0 spiro atoms. The van der Waals surface area contributed by atoms with Gasteiger partial charge >= 0.3 is 11.9 Å². The molecule has 0 saturated heterocycles. The average Bonchev–Trinajstić information content (AvgIpc) is 3.07. The van der Waals surface area contributed by atoms with Gasteiger partial charge in [-0.15, -0.1) is 0 Å². The van der Waals surface area contributed by atoms with E-state index in [9.17, 15) is 38.7 Å². The molecule has 0 fully saturated rings. The summed E-state index contributed by atoms with van der Waals surface area (Å²) in [5, 5.41) is 33.9. The molecule has 0 rings (SSSR count). The molecule has 0 aromatic carbocycles. The average molecular weight is 721 g/mol. The third-order valence-electron chi connectivity index (χ3n) is 6.70. The molecule has 0 aliphatic heterocycles. The van der Waals surface area contributed by atoms with Gasteiger partial charge in [-0.1, -0.05) is 13.3 Å². The summed E-state index contributed by atoms with van der Waals surface area (Å²) in [7, 11) is 1.51. The number of carbonyl (C=O) groups excluding carboxylic acids is 5. The zero-order valence-corrected chi connectivity index (χ0v) is 29.2. The minimum atomic E-state index is -1.28. The van der Waals surface area contributed by atoms with Crippen molar-refractivity contribution in [3.05, 3.63) is 0 Å². The van der Waals surface area contributed by atoms with Crippen LogP contribution in [0.15, 0.2) is 0 Å². The van der Waals surface area contributed by atoms with Crippen molar-refractivity contribution in [3.8, 4) is 0 Å². The van der Waals surface area contributed by atoms with Crippen molar-refractivity contribution in [3.63, 3.8) is 0 Å². The minimum Gasteiger partial charge on any atom is -0.480 e. The molecule has 0 aromatic heterocycles. The van der Waals surface area contributed by atoms with Gasteiger partial charge in [0.05, 0.1) is 39.6 Å². The van der Waals surface area contributed by atoms with Crippen LogP contribution in [-0.2, 0) is 52.5 Å². The number of nitrogens with one attached hydrogen (secondary N) is 6. The summed E-state index contributed by atoms with van der Waals surface area (Å²) in [4.78, 5) is 81.7. The van der Waals surface area contributed by atoms with Crippen molar-refractivity contribution in [1.82, 2.24) is 31.9 Å². The lowest BCUT2D eigenvalue weighted by Crippen LogP contribution is -2.43. The predicted octanol–water partition coefficient (Wildman–Crippen LogP) is -2.10. The minimum absolute atomic E-state index is 0.0481. The van der Waals surface area contributed by atoms with Crippen molar-refractivity contribution >= 4 is 41.5 Å². The third kappa shape index (κ3) is 28.0. The second kappa shape index (κ2) is 31.1. The Kier molecular flexibility index (Phi) is 28.7. The van der Waals surface area contributed by atoms with Gasteiger partial charge in [0.25, 0.3) is 0 Å². The van der Waals surface area contributed by atoms with Gasteiger partial charge in [-0.2, -0.15) is 0 Å². The number of hydrogen-bond acceptors (Lipinski definition) is 12. The van der Waals surface area contributed by atoms with E-state index in [2.05, 4.69) is 31.9 Å². The monoisotopic (exact) mass is 720 g/mol. The Morgan fingerprint density at radius 1 is 0.520 bits per heavy atom. The summed E-state index contributed by atoms with van der Waals surface area (Å²) in [5.74, 6) is -4.07. The number of hydrogen-bond donors (Lipinski definition) is 8. The van der Waals surface area contributed by atoms with Crippen LogP contribution >= 0.6 is 0 Å². The quantitative estimate of drug-likeness (QED) is 0.0338. The Hall–Kier alpha value is -3.91. The number of rotatable bonds is 33. The van der Waals surface area contributed by atoms with E-state index in [0.29, 0.717) is 13.0 Å². The second-order valence-electron chi connectivity index (χ2n) is 10.9. The zero-order valence-electron chi connectivity index (χ0n) is 29.2. The molecular formula is C31H56N6O13. The van der Waals surface area contributed by atoms with Gasteiger partial charge < -0.3 is 61.1 Å². The highest BCUT2D eigenvalue weighted by molar-refractivity contribution is 5.85. The number of aliphatic carboxylic acids is 2. The fourth-order valence-electron chi connectivity index (χ4n) is 3.93. The van der Waals surface area contributed by atoms with Crippen LogP contribution in [0.3, 0.4) is 0 Å². The molecular weight excluding hydrogens is 664 g/mol. The van der Waals surface area contributed by atoms with Gasteiger partial charge in [-0.3, -0.25) is 28.8 Å². The van der Waals surface area contributed by atoms with Crippen molar-refractivity contribution in [2.45, 2.75) is 70.4 Å². The highest BCUT2D eigenvalue weighted by Crippen LogP contribution is 2.00. The molecule has 19 nitrogen and oxygen atoms in total. The molecule has 0 saturated carbocycles. The first-order chi connectivity index (χ1) is 24.0. The fraction of sp³-hybridized carbons (Fsp3) is 0.774. The van der Waals surface area contributed by atoms with Crippen molar-refractivity contribution < 1.29 is 62.7 Å². The van der Waals surface area contributed by atoms with Crippen LogP contribution < -0.4 is 31.9 Å². The molecule has 8 N–H and O–H groups in total. The largest absolute Gasteiger partial charge is 0.480 e. The van der Waals surface area contributed by atoms with Crippen LogP contribution in [0.5, 0.6) is 0 Å². The molecule has 0 bridgehead atoms. The lowest BCUT2D eigenvalue weighted by Gasteiger charge is -2.14. The molecule has 50 heavy (non-hydrogen) atoms. The summed E-state index contributed by atoms with van der Waals surface area (Å²) in [6.45, 7) is 3.76. The molecule has 2 atom stereocenters. The van der Waals surface area contributed by atoms with E-state index >= 15 is 0 Å². The standard InChI is InChI=1S/C31H56N6O13/c1-3-4-11-33-25(38)6-5-12-34-26(39)10-8-24(31(45)46)37-29(42)22-50-20-18-48-16-14-36-28(41)21-49-19-17-47-15-13-35-27(40)9-7-23(32-2)30(43)44/h23-24,32H,3-22H2,1-2H3,(H,33,38)(H,34,39)(H,35,40)(H,36,41)(H,37,42)(H,43,44)(H,45,46). The summed E-state index contributed by atoms with van der Waals surface area (Å²) in [6.07, 6.45) is 2.63. The summed E-state index contributed by atoms with van der Waals surface area (Å²) in [6, 6.07) is -2.05. The number of unbranched alkanes of at least 4 members (excludes halogenated alkanes) is 1. The molecule has 19 heteroatoms. The van der Waals surface area contributed by atoms with E-state index in [1.165, 1.54) is 7.05 Å². The molecule has 0 radical (unpaired) electrons. The predicted molar refractivity (Wildman–Crippen MR) is 178 cm³/mol. The van der Waals surface area contributed by atoms with E-state index in [4.69, 9.17) is 24.1 Å². The SMILES string of the molecule is CCCCNC(=O)CCCNC(=O)CCC(NC(=O)COCCOCCNC(=O)COCCOCCNC(=O)CCC(NC)C(=O)O)C(=O)O. The molecule has 5 amide bonds. The number of ether oxygens (including phenoxy) is 4. The first-order valence-corrected chi connectivity index (χ1v) is 16.8. The zero-order chi connectivity index (χ0) is 37.4. The van der Waals surface area contributed by atoms with Crippen LogP contribution in [0.1, 0.15) is 58.3 Å². The van der Waals surface area contributed by atoms with E-state index in [0.717, 1.165) is 12.8 Å². The normalized spacial score (nSPS) is 12.0. The second-order valence-corrected chi connectivity index (χ2v) is 10.9. The molecule has 0 heterocycles. The van der Waals surface area contributed by atoms with Gasteiger partial charge in [0.2, 0.25) is 29.5 Å². The van der Waals surface area contributed by atoms with Crippen LogP contribution in [0.4, 0.5) is 0 Å². The summed E-state index contributed by atoms with van der Waals surface area (Å²) in [5.41, 5.74) is 0. The Balaban J connectivity index is 3.76. The van der Waals surface area contributed by atoms with Crippen molar-refractivity contribution in [2.75, 3.05) is 86.1 Å². The summed E-state index contributed by atoms with van der Waals surface area (Å²) < 4.78 is 21.0.